The van der Waals surface area contributed by atoms with E-state index in [1.54, 1.807) is 12.1 Å². The van der Waals surface area contributed by atoms with Crippen LogP contribution < -0.4 is 10.2 Å². The van der Waals surface area contributed by atoms with E-state index in [9.17, 15) is 19.7 Å². The smallest absolute Gasteiger partial charge is 0.335 e. The Kier molecular flexibility index (Phi) is 5.32. The number of nitro groups is 1. The third-order valence-electron chi connectivity index (χ3n) is 4.15. The molecule has 140 valence electrons. The summed E-state index contributed by atoms with van der Waals surface area (Å²) in [5, 5.41) is 23.0. The van der Waals surface area contributed by atoms with Crippen molar-refractivity contribution < 1.29 is 24.4 Å². The van der Waals surface area contributed by atoms with Crippen molar-refractivity contribution in [2.75, 3.05) is 36.5 Å². The number of hydrogen-bond donors (Lipinski definition) is 2. The largest absolute Gasteiger partial charge is 0.478 e. The maximum atomic E-state index is 12.4. The van der Waals surface area contributed by atoms with E-state index in [0.717, 1.165) is 0 Å². The van der Waals surface area contributed by atoms with Gasteiger partial charge >= 0.3 is 5.97 Å². The quantitative estimate of drug-likeness (QED) is 0.611. The Morgan fingerprint density at radius 1 is 1.11 bits per heavy atom. The number of ether oxygens (including phenoxy) is 1. The molecule has 1 aliphatic rings. The Morgan fingerprint density at radius 2 is 1.85 bits per heavy atom. The van der Waals surface area contributed by atoms with Gasteiger partial charge in [-0.3, -0.25) is 14.9 Å². The second-order valence-electron chi connectivity index (χ2n) is 5.90. The van der Waals surface area contributed by atoms with E-state index in [2.05, 4.69) is 5.32 Å². The number of anilines is 2. The average Bonchev–Trinajstić information content (AvgIpc) is 2.68. The van der Waals surface area contributed by atoms with Crippen LogP contribution in [-0.2, 0) is 4.74 Å². The van der Waals surface area contributed by atoms with Crippen molar-refractivity contribution in [1.29, 1.82) is 0 Å². The van der Waals surface area contributed by atoms with E-state index in [-0.39, 0.29) is 16.8 Å². The Morgan fingerprint density at radius 3 is 2.52 bits per heavy atom. The molecule has 1 saturated heterocycles. The molecule has 0 radical (unpaired) electrons. The fraction of sp³-hybridized carbons (Fsp3) is 0.222. The van der Waals surface area contributed by atoms with Gasteiger partial charge in [0.25, 0.3) is 11.6 Å². The van der Waals surface area contributed by atoms with Gasteiger partial charge in [-0.15, -0.1) is 0 Å². The van der Waals surface area contributed by atoms with Crippen molar-refractivity contribution in [1.82, 2.24) is 0 Å². The monoisotopic (exact) mass is 371 g/mol. The lowest BCUT2D eigenvalue weighted by Gasteiger charge is -2.28. The van der Waals surface area contributed by atoms with Crippen LogP contribution in [0, 0.1) is 10.1 Å². The minimum absolute atomic E-state index is 0.0291. The van der Waals surface area contributed by atoms with Crippen LogP contribution in [0.4, 0.5) is 17.1 Å². The van der Waals surface area contributed by atoms with Gasteiger partial charge in [-0.05, 0) is 30.3 Å². The topological polar surface area (TPSA) is 122 Å². The first-order valence-corrected chi connectivity index (χ1v) is 8.21. The zero-order valence-electron chi connectivity index (χ0n) is 14.3. The molecule has 0 unspecified atom stereocenters. The zero-order valence-corrected chi connectivity index (χ0v) is 14.3. The van der Waals surface area contributed by atoms with Gasteiger partial charge in [-0.25, -0.2) is 4.79 Å². The number of aromatic carboxylic acids is 1. The molecule has 0 atom stereocenters. The van der Waals surface area contributed by atoms with Crippen molar-refractivity contribution in [3.05, 3.63) is 63.7 Å². The van der Waals surface area contributed by atoms with Gasteiger partial charge < -0.3 is 20.1 Å². The molecule has 9 heteroatoms. The highest BCUT2D eigenvalue weighted by molar-refractivity contribution is 6.05. The summed E-state index contributed by atoms with van der Waals surface area (Å²) < 4.78 is 5.26. The van der Waals surface area contributed by atoms with Crippen LogP contribution in [0.15, 0.2) is 42.5 Å². The number of nitro benzene ring substituents is 1. The molecule has 0 saturated carbocycles. The van der Waals surface area contributed by atoms with Gasteiger partial charge in [-0.2, -0.15) is 0 Å². The maximum absolute atomic E-state index is 12.4. The summed E-state index contributed by atoms with van der Waals surface area (Å²) in [6.07, 6.45) is 0. The Labute approximate surface area is 154 Å². The highest BCUT2D eigenvalue weighted by atomic mass is 16.6. The van der Waals surface area contributed by atoms with Crippen LogP contribution >= 0.6 is 0 Å². The van der Waals surface area contributed by atoms with Crippen LogP contribution in [0.3, 0.4) is 0 Å². The van der Waals surface area contributed by atoms with Crippen LogP contribution in [0.5, 0.6) is 0 Å². The minimum atomic E-state index is -1.11. The second kappa shape index (κ2) is 7.83. The van der Waals surface area contributed by atoms with Crippen molar-refractivity contribution in [2.45, 2.75) is 0 Å². The summed E-state index contributed by atoms with van der Waals surface area (Å²) in [6, 6.07) is 10.0. The Balaban J connectivity index is 1.84. The minimum Gasteiger partial charge on any atom is -0.478 e. The van der Waals surface area contributed by atoms with E-state index < -0.39 is 16.8 Å². The molecule has 0 aromatic heterocycles. The summed E-state index contributed by atoms with van der Waals surface area (Å²) in [5.74, 6) is -1.68. The second-order valence-corrected chi connectivity index (χ2v) is 5.90. The van der Waals surface area contributed by atoms with Crippen LogP contribution in [0.2, 0.25) is 0 Å². The predicted octanol–water partition coefficient (Wildman–Crippen LogP) is 2.38. The molecule has 0 spiro atoms. The number of hydrogen-bond acceptors (Lipinski definition) is 6. The first-order chi connectivity index (χ1) is 13.0. The SMILES string of the molecule is O=C(O)c1cccc(NC(=O)c2ccc(N3CCOCC3)c([N+](=O)[O-])c2)c1. The first kappa shape index (κ1) is 18.3. The van der Waals surface area contributed by atoms with Crippen molar-refractivity contribution >= 4 is 28.9 Å². The number of carbonyl (C=O) groups is 2. The molecule has 1 fully saturated rings. The molecule has 0 aliphatic carbocycles. The van der Waals surface area contributed by atoms with Gasteiger partial charge in [0.15, 0.2) is 0 Å². The van der Waals surface area contributed by atoms with Crippen molar-refractivity contribution in [3.63, 3.8) is 0 Å². The van der Waals surface area contributed by atoms with E-state index in [1.165, 1.54) is 30.3 Å². The van der Waals surface area contributed by atoms with Gasteiger partial charge in [0, 0.05) is 30.4 Å². The van der Waals surface area contributed by atoms with Gasteiger partial charge in [0.1, 0.15) is 5.69 Å². The number of amides is 1. The lowest BCUT2D eigenvalue weighted by Crippen LogP contribution is -2.36. The van der Waals surface area contributed by atoms with E-state index in [1.807, 2.05) is 4.90 Å². The zero-order chi connectivity index (χ0) is 19.4. The third-order valence-corrected chi connectivity index (χ3v) is 4.15. The molecular formula is C18H17N3O6. The molecule has 9 nitrogen and oxygen atoms in total. The summed E-state index contributed by atoms with van der Waals surface area (Å²) in [5.41, 5.74) is 0.706. The van der Waals surface area contributed by atoms with Gasteiger partial charge in [0.2, 0.25) is 0 Å². The predicted molar refractivity (Wildman–Crippen MR) is 97.5 cm³/mol. The maximum Gasteiger partial charge on any atom is 0.335 e. The van der Waals surface area contributed by atoms with E-state index >= 15 is 0 Å². The molecule has 27 heavy (non-hydrogen) atoms. The van der Waals surface area contributed by atoms with E-state index in [4.69, 9.17) is 9.84 Å². The highest BCUT2D eigenvalue weighted by Gasteiger charge is 2.23. The van der Waals surface area contributed by atoms with Gasteiger partial charge in [0.05, 0.1) is 23.7 Å². The fourth-order valence-corrected chi connectivity index (χ4v) is 2.82. The number of carboxylic acid groups (broad SMARTS) is 1. The van der Waals surface area contributed by atoms with Crippen molar-refractivity contribution in [3.8, 4) is 0 Å². The van der Waals surface area contributed by atoms with Crippen LogP contribution in [0.25, 0.3) is 0 Å². The first-order valence-electron chi connectivity index (χ1n) is 8.21. The van der Waals surface area contributed by atoms with Crippen LogP contribution in [-0.4, -0.2) is 48.2 Å². The van der Waals surface area contributed by atoms with Crippen molar-refractivity contribution in [2.24, 2.45) is 0 Å². The number of carbonyl (C=O) groups excluding carboxylic acids is 1. The number of carboxylic acids is 1. The highest BCUT2D eigenvalue weighted by Crippen LogP contribution is 2.30. The number of benzene rings is 2. The fourth-order valence-electron chi connectivity index (χ4n) is 2.82. The number of rotatable bonds is 5. The summed E-state index contributed by atoms with van der Waals surface area (Å²) in [6.45, 7) is 2.04. The third kappa shape index (κ3) is 4.21. The number of nitrogens with one attached hydrogen (secondary N) is 1. The van der Waals surface area contributed by atoms with Gasteiger partial charge in [-0.1, -0.05) is 6.07 Å². The summed E-state index contributed by atoms with van der Waals surface area (Å²) >= 11 is 0. The van der Waals surface area contributed by atoms with E-state index in [0.29, 0.717) is 37.7 Å². The lowest BCUT2D eigenvalue weighted by molar-refractivity contribution is -0.384. The standard InChI is InChI=1S/C18H17N3O6/c22-17(19-14-3-1-2-13(10-14)18(23)24)12-4-5-15(16(11-12)21(25)26)20-6-8-27-9-7-20/h1-5,10-11H,6-9H2,(H,19,22)(H,23,24). The molecule has 2 aromatic rings. The summed E-state index contributed by atoms with van der Waals surface area (Å²) in [4.78, 5) is 36.3. The molecule has 3 rings (SSSR count). The molecule has 1 heterocycles. The normalized spacial score (nSPS) is 13.9. The molecule has 2 N–H and O–H groups in total. The van der Waals surface area contributed by atoms with Crippen LogP contribution in [0.1, 0.15) is 20.7 Å². The molecular weight excluding hydrogens is 354 g/mol. The lowest BCUT2D eigenvalue weighted by atomic mass is 10.1. The number of nitrogens with zero attached hydrogens (tertiary/aromatic N) is 2. The average molecular weight is 371 g/mol. The molecule has 2 aromatic carbocycles. The summed E-state index contributed by atoms with van der Waals surface area (Å²) in [7, 11) is 0. The Bertz CT molecular complexity index is 892. The Hall–Kier alpha value is -3.46. The molecule has 1 amide bonds. The number of morpholine rings is 1. The molecule has 1 aliphatic heterocycles. The molecule has 0 bridgehead atoms.